The van der Waals surface area contributed by atoms with E-state index < -0.39 is 12.0 Å². The zero-order chi connectivity index (χ0) is 31.1. The van der Waals surface area contributed by atoms with E-state index in [1.165, 1.54) is 51.4 Å². The van der Waals surface area contributed by atoms with Crippen LogP contribution >= 0.6 is 0 Å². The molecule has 0 aliphatic rings. The monoisotopic (exact) mass is 601 g/mol. The molecule has 11 heteroatoms. The van der Waals surface area contributed by atoms with Gasteiger partial charge in [0.1, 0.15) is 12.6 Å². The van der Waals surface area contributed by atoms with Crippen LogP contribution in [0.25, 0.3) is 0 Å². The van der Waals surface area contributed by atoms with Gasteiger partial charge in [0.05, 0.1) is 26.4 Å². The molecular formula is C31H59N3O8. The van der Waals surface area contributed by atoms with Crippen molar-refractivity contribution in [1.82, 2.24) is 16.0 Å². The van der Waals surface area contributed by atoms with Gasteiger partial charge in [0.2, 0.25) is 17.7 Å². The summed E-state index contributed by atoms with van der Waals surface area (Å²) in [7, 11) is 0. The number of hydrogen-bond donors (Lipinski definition) is 4. The maximum absolute atomic E-state index is 12.2. The molecule has 0 saturated heterocycles. The smallest absolute Gasteiger partial charge is 0.326 e. The van der Waals surface area contributed by atoms with Crippen molar-refractivity contribution in [2.45, 2.75) is 123 Å². The maximum atomic E-state index is 12.2. The molecule has 1 atom stereocenters. The molecule has 0 bridgehead atoms. The summed E-state index contributed by atoms with van der Waals surface area (Å²) in [4.78, 5) is 47.3. The fraction of sp³-hybridized carbons (Fsp3) is 0.871. The summed E-state index contributed by atoms with van der Waals surface area (Å²) in [5.41, 5.74) is 0. The van der Waals surface area contributed by atoms with Gasteiger partial charge in [-0.25, -0.2) is 4.79 Å². The summed E-state index contributed by atoms with van der Waals surface area (Å²) in [6, 6.07) is -0.988. The van der Waals surface area contributed by atoms with Gasteiger partial charge in [0.25, 0.3) is 0 Å². The van der Waals surface area contributed by atoms with E-state index >= 15 is 0 Å². The highest BCUT2D eigenvalue weighted by molar-refractivity contribution is 5.83. The number of carbonyl (C=O) groups excluding carboxylic acids is 3. The molecule has 0 saturated carbocycles. The number of hydrogen-bond acceptors (Lipinski definition) is 7. The maximum Gasteiger partial charge on any atom is 0.326 e. The van der Waals surface area contributed by atoms with E-state index in [1.807, 2.05) is 6.92 Å². The summed E-state index contributed by atoms with van der Waals surface area (Å²) in [5.74, 6) is -1.75. The van der Waals surface area contributed by atoms with E-state index in [0.29, 0.717) is 52.4 Å². The second kappa shape index (κ2) is 30.2. The van der Waals surface area contributed by atoms with Gasteiger partial charge in [-0.05, 0) is 25.7 Å². The van der Waals surface area contributed by atoms with E-state index in [1.54, 1.807) is 0 Å². The van der Waals surface area contributed by atoms with Crippen LogP contribution in [0.1, 0.15) is 117 Å². The van der Waals surface area contributed by atoms with Gasteiger partial charge in [-0.15, -0.1) is 0 Å². The van der Waals surface area contributed by atoms with Crippen LogP contribution in [0.4, 0.5) is 0 Å². The van der Waals surface area contributed by atoms with Crippen LogP contribution in [0.5, 0.6) is 0 Å². The Morgan fingerprint density at radius 1 is 0.571 bits per heavy atom. The quantitative estimate of drug-likeness (QED) is 0.0866. The number of ether oxygens (including phenoxy) is 3. The zero-order valence-corrected chi connectivity index (χ0v) is 26.4. The fourth-order valence-corrected chi connectivity index (χ4v) is 4.24. The number of amides is 3. The lowest BCUT2D eigenvalue weighted by molar-refractivity contribution is -0.142. The third-order valence-corrected chi connectivity index (χ3v) is 6.63. The Kier molecular flexibility index (Phi) is 28.6. The van der Waals surface area contributed by atoms with Crippen molar-refractivity contribution in [3.05, 3.63) is 0 Å². The average molecular weight is 602 g/mol. The highest BCUT2D eigenvalue weighted by Crippen LogP contribution is 2.12. The molecule has 42 heavy (non-hydrogen) atoms. The topological polar surface area (TPSA) is 152 Å². The molecule has 246 valence electrons. The van der Waals surface area contributed by atoms with Gasteiger partial charge in [0.15, 0.2) is 0 Å². The Hall–Kier alpha value is -2.24. The van der Waals surface area contributed by atoms with Crippen LogP contribution in [0.15, 0.2) is 0 Å². The molecule has 4 N–H and O–H groups in total. The highest BCUT2D eigenvalue weighted by atomic mass is 16.5. The van der Waals surface area contributed by atoms with E-state index in [4.69, 9.17) is 14.2 Å². The predicted octanol–water partition coefficient (Wildman–Crippen LogP) is 4.12. The Labute approximate surface area is 253 Å². The van der Waals surface area contributed by atoms with Gasteiger partial charge in [-0.1, -0.05) is 78.1 Å². The fourth-order valence-electron chi connectivity index (χ4n) is 4.24. The number of carboxylic acid groups (broad SMARTS) is 1. The van der Waals surface area contributed by atoms with E-state index in [2.05, 4.69) is 22.9 Å². The van der Waals surface area contributed by atoms with E-state index in [-0.39, 0.29) is 43.8 Å². The summed E-state index contributed by atoms with van der Waals surface area (Å²) in [6.45, 7) is 6.96. The largest absolute Gasteiger partial charge is 0.480 e. The minimum Gasteiger partial charge on any atom is -0.480 e. The van der Waals surface area contributed by atoms with Gasteiger partial charge in [-0.2, -0.15) is 0 Å². The number of unbranched alkanes of at least 4 members (excludes halogenated alkanes) is 10. The summed E-state index contributed by atoms with van der Waals surface area (Å²) in [6.07, 6.45) is 15.1. The first kappa shape index (κ1) is 39.8. The summed E-state index contributed by atoms with van der Waals surface area (Å²) < 4.78 is 15.9. The van der Waals surface area contributed by atoms with Crippen molar-refractivity contribution in [3.8, 4) is 0 Å². The molecular weight excluding hydrogens is 542 g/mol. The van der Waals surface area contributed by atoms with E-state index in [0.717, 1.165) is 25.7 Å². The number of rotatable bonds is 31. The second-order valence-corrected chi connectivity index (χ2v) is 10.6. The van der Waals surface area contributed by atoms with Gasteiger partial charge < -0.3 is 35.3 Å². The lowest BCUT2D eigenvalue weighted by Crippen LogP contribution is -2.40. The lowest BCUT2D eigenvalue weighted by Gasteiger charge is -2.14. The van der Waals surface area contributed by atoms with Gasteiger partial charge in [-0.3, -0.25) is 14.4 Å². The molecule has 0 aromatic rings. The van der Waals surface area contributed by atoms with Crippen LogP contribution in [0.3, 0.4) is 0 Å². The Morgan fingerprint density at radius 3 is 1.69 bits per heavy atom. The molecule has 0 aliphatic heterocycles. The molecule has 0 spiro atoms. The molecule has 0 unspecified atom stereocenters. The number of nitrogens with one attached hydrogen (secondary N) is 3. The molecule has 0 aromatic carbocycles. The molecule has 0 heterocycles. The van der Waals surface area contributed by atoms with E-state index in [9.17, 15) is 24.3 Å². The first-order valence-electron chi connectivity index (χ1n) is 16.2. The highest BCUT2D eigenvalue weighted by Gasteiger charge is 2.19. The Bertz CT molecular complexity index is 693. The standard InChI is InChI=1S/C31H59N3O8/c1-3-5-6-7-8-9-10-11-12-13-14-17-29(36)34-27(31(38)39)16-15-18-28(35)32-19-23-41-24-25-42-26-30(37)33-20-22-40-21-4-2/h27H,3-26H2,1-2H3,(H,32,35)(H,33,37)(H,34,36)(H,38,39)/t27-/m0/s1. The van der Waals surface area contributed by atoms with Crippen LogP contribution in [-0.4, -0.2) is 87.6 Å². The minimum atomic E-state index is -1.09. The number of carbonyl (C=O) groups is 4. The van der Waals surface area contributed by atoms with Crippen molar-refractivity contribution >= 4 is 23.7 Å². The van der Waals surface area contributed by atoms with Crippen molar-refractivity contribution in [3.63, 3.8) is 0 Å². The van der Waals surface area contributed by atoms with Crippen molar-refractivity contribution in [2.24, 2.45) is 0 Å². The molecule has 0 radical (unpaired) electrons. The lowest BCUT2D eigenvalue weighted by atomic mass is 10.0. The average Bonchev–Trinajstić information content (AvgIpc) is 2.96. The van der Waals surface area contributed by atoms with Crippen molar-refractivity contribution in [2.75, 3.05) is 52.7 Å². The summed E-state index contributed by atoms with van der Waals surface area (Å²) >= 11 is 0. The molecule has 0 fully saturated rings. The molecule has 0 rings (SSSR count). The van der Waals surface area contributed by atoms with Gasteiger partial charge in [0, 0.05) is 32.5 Å². The first-order chi connectivity index (χ1) is 20.4. The zero-order valence-electron chi connectivity index (χ0n) is 26.4. The Morgan fingerprint density at radius 2 is 1.10 bits per heavy atom. The van der Waals surface area contributed by atoms with Crippen molar-refractivity contribution in [1.29, 1.82) is 0 Å². The third-order valence-electron chi connectivity index (χ3n) is 6.63. The predicted molar refractivity (Wildman–Crippen MR) is 163 cm³/mol. The molecule has 0 aromatic heterocycles. The van der Waals surface area contributed by atoms with Crippen LogP contribution in [0.2, 0.25) is 0 Å². The van der Waals surface area contributed by atoms with Crippen LogP contribution < -0.4 is 16.0 Å². The normalized spacial score (nSPS) is 11.7. The SMILES string of the molecule is CCCCCCCCCCCCCC(=O)N[C@@H](CCCC(=O)NCCOCCOCC(=O)NCCOCCC)C(=O)O. The summed E-state index contributed by atoms with van der Waals surface area (Å²) in [5, 5.41) is 17.4. The Balaban J connectivity index is 3.71. The second-order valence-electron chi connectivity index (χ2n) is 10.6. The third kappa shape index (κ3) is 27.9. The first-order valence-corrected chi connectivity index (χ1v) is 16.2. The molecule has 11 nitrogen and oxygen atoms in total. The molecule has 0 aliphatic carbocycles. The minimum absolute atomic E-state index is 0.0506. The van der Waals surface area contributed by atoms with Crippen LogP contribution in [0, 0.1) is 0 Å². The number of aliphatic carboxylic acids is 1. The van der Waals surface area contributed by atoms with Gasteiger partial charge >= 0.3 is 5.97 Å². The molecule has 3 amide bonds. The van der Waals surface area contributed by atoms with Crippen LogP contribution in [-0.2, 0) is 33.4 Å². The number of carboxylic acids is 1. The van der Waals surface area contributed by atoms with Crippen molar-refractivity contribution < 1.29 is 38.5 Å².